The highest BCUT2D eigenvalue weighted by Crippen LogP contribution is 2.25. The summed E-state index contributed by atoms with van der Waals surface area (Å²) in [7, 11) is 0. The number of fused-ring (bicyclic) bond motifs is 1. The van der Waals surface area contributed by atoms with E-state index in [2.05, 4.69) is 0 Å². The van der Waals surface area contributed by atoms with Crippen molar-refractivity contribution in [1.82, 2.24) is 0 Å². The van der Waals surface area contributed by atoms with E-state index in [1.54, 1.807) is 31.2 Å². The van der Waals surface area contributed by atoms with Gasteiger partial charge in [-0.1, -0.05) is 6.07 Å². The molecule has 4 aromatic rings. The Bertz CT molecular complexity index is 1300. The second kappa shape index (κ2) is 9.49. The summed E-state index contributed by atoms with van der Waals surface area (Å²) in [6, 6.07) is 14.5. The zero-order valence-corrected chi connectivity index (χ0v) is 17.8. The first-order chi connectivity index (χ1) is 15.5. The Balaban J connectivity index is 1.49. The van der Waals surface area contributed by atoms with Crippen molar-refractivity contribution in [3.05, 3.63) is 86.9 Å². The number of carbonyl (C=O) groups excluding carboxylic acids is 2. The quantitative estimate of drug-likeness (QED) is 0.290. The molecule has 0 N–H and O–H groups in total. The third-order valence-electron chi connectivity index (χ3n) is 4.44. The van der Waals surface area contributed by atoms with Crippen LogP contribution in [-0.2, 0) is 16.0 Å². The summed E-state index contributed by atoms with van der Waals surface area (Å²) < 4.78 is 21.4. The Kier molecular flexibility index (Phi) is 6.32. The highest BCUT2D eigenvalue weighted by molar-refractivity contribution is 7.10. The van der Waals surface area contributed by atoms with E-state index in [4.69, 9.17) is 18.6 Å². The molecule has 0 fully saturated rings. The third kappa shape index (κ3) is 4.87. The van der Waals surface area contributed by atoms with Gasteiger partial charge in [0.25, 0.3) is 0 Å². The number of carbonyl (C=O) groups is 2. The second-order valence-electron chi connectivity index (χ2n) is 6.66. The van der Waals surface area contributed by atoms with Crippen LogP contribution in [-0.4, -0.2) is 18.5 Å². The molecule has 0 aliphatic rings. The molecule has 0 atom stereocenters. The molecule has 0 amide bonds. The van der Waals surface area contributed by atoms with E-state index < -0.39 is 11.9 Å². The maximum atomic E-state index is 12.8. The van der Waals surface area contributed by atoms with Crippen LogP contribution in [0.2, 0.25) is 0 Å². The fourth-order valence-electron chi connectivity index (χ4n) is 2.95. The van der Waals surface area contributed by atoms with E-state index in [0.717, 1.165) is 4.88 Å². The van der Waals surface area contributed by atoms with Crippen LogP contribution in [0.4, 0.5) is 0 Å². The lowest BCUT2D eigenvalue weighted by Crippen LogP contribution is -2.10. The van der Waals surface area contributed by atoms with E-state index in [1.807, 2.05) is 17.5 Å². The Labute approximate surface area is 186 Å². The van der Waals surface area contributed by atoms with Crippen molar-refractivity contribution < 1.29 is 28.2 Å². The molecular weight excluding hydrogens is 432 g/mol. The van der Waals surface area contributed by atoms with Gasteiger partial charge in [-0.3, -0.25) is 9.59 Å². The predicted octanol–water partition coefficient (Wildman–Crippen LogP) is 4.97. The van der Waals surface area contributed by atoms with Gasteiger partial charge < -0.3 is 18.6 Å². The molecule has 0 saturated heterocycles. The van der Waals surface area contributed by atoms with Crippen LogP contribution in [0.25, 0.3) is 11.0 Å². The fourth-order valence-corrected chi connectivity index (χ4v) is 3.64. The Morgan fingerprint density at radius 3 is 2.53 bits per heavy atom. The van der Waals surface area contributed by atoms with Gasteiger partial charge in [-0.15, -0.1) is 11.3 Å². The van der Waals surface area contributed by atoms with Gasteiger partial charge in [-0.2, -0.15) is 0 Å². The second-order valence-corrected chi connectivity index (χ2v) is 7.70. The van der Waals surface area contributed by atoms with Crippen molar-refractivity contribution in [3.63, 3.8) is 0 Å². The maximum Gasteiger partial charge on any atom is 0.338 e. The molecule has 4 rings (SSSR count). The molecular formula is C24H18O7S. The minimum absolute atomic E-state index is 0.0103. The van der Waals surface area contributed by atoms with Crippen molar-refractivity contribution in [3.8, 4) is 17.2 Å². The summed E-state index contributed by atoms with van der Waals surface area (Å²) in [4.78, 5) is 37.5. The molecule has 0 radical (unpaired) electrons. The average molecular weight is 450 g/mol. The van der Waals surface area contributed by atoms with Crippen molar-refractivity contribution in [2.75, 3.05) is 6.61 Å². The lowest BCUT2D eigenvalue weighted by atomic mass is 10.2. The fraction of sp³-hybridized carbons (Fsp3) is 0.125. The molecule has 2 aromatic heterocycles. The van der Waals surface area contributed by atoms with Gasteiger partial charge in [0, 0.05) is 10.9 Å². The first-order valence-corrected chi connectivity index (χ1v) is 10.6. The topological polar surface area (TPSA) is 92.0 Å². The van der Waals surface area contributed by atoms with Crippen LogP contribution in [0, 0.1) is 0 Å². The van der Waals surface area contributed by atoms with Gasteiger partial charge in [0.1, 0.15) is 23.3 Å². The van der Waals surface area contributed by atoms with Crippen molar-refractivity contribution in [2.24, 2.45) is 0 Å². The van der Waals surface area contributed by atoms with Crippen molar-refractivity contribution >= 4 is 34.2 Å². The lowest BCUT2D eigenvalue weighted by molar-refractivity contribution is -0.133. The lowest BCUT2D eigenvalue weighted by Gasteiger charge is -2.08. The summed E-state index contributed by atoms with van der Waals surface area (Å²) >= 11 is 1.48. The Hall–Kier alpha value is -3.91. The summed E-state index contributed by atoms with van der Waals surface area (Å²) in [5, 5.41) is 2.17. The van der Waals surface area contributed by atoms with Crippen LogP contribution in [0.3, 0.4) is 0 Å². The summed E-state index contributed by atoms with van der Waals surface area (Å²) in [6.45, 7) is 2.01. The molecule has 162 valence electrons. The normalized spacial score (nSPS) is 10.7. The Morgan fingerprint density at radius 2 is 1.81 bits per heavy atom. The smallest absolute Gasteiger partial charge is 0.338 e. The largest absolute Gasteiger partial charge is 0.462 e. The molecule has 2 aromatic carbocycles. The predicted molar refractivity (Wildman–Crippen MR) is 119 cm³/mol. The number of ether oxygens (including phenoxy) is 3. The summed E-state index contributed by atoms with van der Waals surface area (Å²) in [5.41, 5.74) is 0.268. The van der Waals surface area contributed by atoms with Gasteiger partial charge in [0.15, 0.2) is 0 Å². The van der Waals surface area contributed by atoms with E-state index in [9.17, 15) is 14.4 Å². The van der Waals surface area contributed by atoms with E-state index in [-0.39, 0.29) is 40.9 Å². The number of esters is 2. The summed E-state index contributed by atoms with van der Waals surface area (Å²) in [5.74, 6) is -0.199. The van der Waals surface area contributed by atoms with Gasteiger partial charge in [0.2, 0.25) is 11.2 Å². The minimum Gasteiger partial charge on any atom is -0.462 e. The standard InChI is InChI=1S/C24H18O7S/c1-2-28-24(27)15-5-7-16(8-6-15)30-21-14-29-20-12-17(9-10-19(20)23(21)26)31-22(25)13-18-4-3-11-32-18/h3-12,14H,2,13H2,1H3. The number of rotatable bonds is 7. The molecule has 0 bridgehead atoms. The monoisotopic (exact) mass is 450 g/mol. The SMILES string of the molecule is CCOC(=O)c1ccc(Oc2coc3cc(OC(=O)Cc4cccs4)ccc3c2=O)cc1. The molecule has 0 aliphatic heterocycles. The highest BCUT2D eigenvalue weighted by atomic mass is 32.1. The van der Waals surface area contributed by atoms with Crippen LogP contribution in [0.15, 0.2) is 75.5 Å². The number of hydrogen-bond acceptors (Lipinski definition) is 8. The van der Waals surface area contributed by atoms with E-state index in [1.165, 1.54) is 35.8 Å². The molecule has 0 saturated carbocycles. The van der Waals surface area contributed by atoms with Gasteiger partial charge >= 0.3 is 11.9 Å². The van der Waals surface area contributed by atoms with Gasteiger partial charge in [-0.05, 0) is 54.8 Å². The van der Waals surface area contributed by atoms with Gasteiger partial charge in [0.05, 0.1) is 24.0 Å². The molecule has 2 heterocycles. The molecule has 7 nitrogen and oxygen atoms in total. The first kappa shape index (κ1) is 21.3. The number of hydrogen-bond donors (Lipinski definition) is 0. The highest BCUT2D eigenvalue weighted by Gasteiger charge is 2.13. The van der Waals surface area contributed by atoms with Gasteiger partial charge in [-0.25, -0.2) is 4.79 Å². The Morgan fingerprint density at radius 1 is 1.03 bits per heavy atom. The third-order valence-corrected chi connectivity index (χ3v) is 5.31. The molecule has 0 unspecified atom stereocenters. The first-order valence-electron chi connectivity index (χ1n) is 9.77. The maximum absolute atomic E-state index is 12.8. The van der Waals surface area contributed by atoms with E-state index in [0.29, 0.717) is 11.3 Å². The minimum atomic E-state index is -0.434. The van der Waals surface area contributed by atoms with Crippen molar-refractivity contribution in [1.29, 1.82) is 0 Å². The van der Waals surface area contributed by atoms with Crippen LogP contribution in [0.1, 0.15) is 22.2 Å². The molecule has 0 spiro atoms. The van der Waals surface area contributed by atoms with Crippen LogP contribution < -0.4 is 14.9 Å². The van der Waals surface area contributed by atoms with Crippen molar-refractivity contribution in [2.45, 2.75) is 13.3 Å². The number of thiophene rings is 1. The van der Waals surface area contributed by atoms with E-state index >= 15 is 0 Å². The van der Waals surface area contributed by atoms with Crippen LogP contribution >= 0.6 is 11.3 Å². The average Bonchev–Trinajstić information content (AvgIpc) is 3.29. The molecule has 32 heavy (non-hydrogen) atoms. The number of benzene rings is 2. The summed E-state index contributed by atoms with van der Waals surface area (Å²) in [6.07, 6.45) is 1.36. The zero-order chi connectivity index (χ0) is 22.5. The zero-order valence-electron chi connectivity index (χ0n) is 17.0. The molecule has 0 aliphatic carbocycles. The molecule has 8 heteroatoms. The van der Waals surface area contributed by atoms with Crippen LogP contribution in [0.5, 0.6) is 17.2 Å².